The highest BCUT2D eigenvalue weighted by molar-refractivity contribution is 6.03. The number of pyridine rings is 1. The van der Waals surface area contributed by atoms with Gasteiger partial charge in [0.1, 0.15) is 5.82 Å². The Labute approximate surface area is 139 Å². The summed E-state index contributed by atoms with van der Waals surface area (Å²) in [5, 5.41) is 6.04. The first-order valence-electron chi connectivity index (χ1n) is 7.76. The molecule has 0 aliphatic carbocycles. The van der Waals surface area contributed by atoms with Crippen LogP contribution < -0.4 is 11.1 Å². The Morgan fingerprint density at radius 2 is 1.88 bits per heavy atom. The number of aryl methyl sites for hydroxylation is 1. The van der Waals surface area contributed by atoms with E-state index in [4.69, 9.17) is 5.73 Å². The molecule has 4 aromatic rings. The third-order valence-corrected chi connectivity index (χ3v) is 4.28. The molecule has 0 spiro atoms. The molecule has 5 heteroatoms. The van der Waals surface area contributed by atoms with Gasteiger partial charge in [0, 0.05) is 30.2 Å². The van der Waals surface area contributed by atoms with Gasteiger partial charge >= 0.3 is 0 Å². The molecule has 0 saturated carbocycles. The number of aromatic nitrogens is 3. The van der Waals surface area contributed by atoms with Crippen molar-refractivity contribution in [3.8, 4) is 11.1 Å². The van der Waals surface area contributed by atoms with E-state index < -0.39 is 0 Å². The van der Waals surface area contributed by atoms with E-state index in [1.165, 1.54) is 11.1 Å². The lowest BCUT2D eigenvalue weighted by Gasteiger charge is -2.12. The predicted molar refractivity (Wildman–Crippen MR) is 99.0 cm³/mol. The van der Waals surface area contributed by atoms with E-state index in [0.29, 0.717) is 11.8 Å². The maximum absolute atomic E-state index is 6.04. The summed E-state index contributed by atoms with van der Waals surface area (Å²) in [5.41, 5.74) is 10.4. The van der Waals surface area contributed by atoms with Crippen molar-refractivity contribution in [1.29, 1.82) is 0 Å². The topological polar surface area (TPSA) is 76.7 Å². The molecule has 2 heterocycles. The normalized spacial score (nSPS) is 11.1. The highest BCUT2D eigenvalue weighted by atomic mass is 15.1. The Hall–Kier alpha value is -3.21. The second-order valence-corrected chi connectivity index (χ2v) is 5.77. The van der Waals surface area contributed by atoms with E-state index >= 15 is 0 Å². The Kier molecular flexibility index (Phi) is 3.27. The Balaban J connectivity index is 1.99. The summed E-state index contributed by atoms with van der Waals surface area (Å²) in [4.78, 5) is 13.0. The molecule has 0 atom stereocenters. The van der Waals surface area contributed by atoms with Crippen LogP contribution in [0.1, 0.15) is 5.56 Å². The minimum Gasteiger partial charge on any atom is -0.383 e. The number of hydrogen-bond donors (Lipinski definition) is 2. The van der Waals surface area contributed by atoms with Crippen LogP contribution in [0.5, 0.6) is 0 Å². The van der Waals surface area contributed by atoms with Gasteiger partial charge in [-0.05, 0) is 47.2 Å². The molecular weight excluding hydrogens is 298 g/mol. The van der Waals surface area contributed by atoms with E-state index in [9.17, 15) is 0 Å². The minimum absolute atomic E-state index is 0.552. The summed E-state index contributed by atoms with van der Waals surface area (Å²) in [5.74, 6) is 1.17. The summed E-state index contributed by atoms with van der Waals surface area (Å²) in [6.45, 7) is 2.11. The molecule has 0 aliphatic rings. The van der Waals surface area contributed by atoms with Gasteiger partial charge in [-0.1, -0.05) is 18.2 Å². The molecule has 0 aliphatic heterocycles. The van der Waals surface area contributed by atoms with Crippen molar-refractivity contribution in [2.45, 2.75) is 6.92 Å². The zero-order valence-corrected chi connectivity index (χ0v) is 13.5. The van der Waals surface area contributed by atoms with E-state index in [2.05, 4.69) is 45.4 Å². The van der Waals surface area contributed by atoms with Crippen LogP contribution in [-0.2, 0) is 0 Å². The Morgan fingerprint density at radius 1 is 1.00 bits per heavy atom. The van der Waals surface area contributed by atoms with Gasteiger partial charge in [0.05, 0.1) is 5.52 Å². The van der Waals surface area contributed by atoms with Crippen molar-refractivity contribution in [2.75, 3.05) is 18.1 Å². The highest BCUT2D eigenvalue weighted by Gasteiger charge is 2.10. The third-order valence-electron chi connectivity index (χ3n) is 4.28. The molecule has 0 fully saturated rings. The fraction of sp³-hybridized carbons (Fsp3) is 0.105. The van der Waals surface area contributed by atoms with Gasteiger partial charge in [-0.2, -0.15) is 0 Å². The molecular formula is C19H17N5. The lowest BCUT2D eigenvalue weighted by atomic mass is 9.94. The maximum Gasteiger partial charge on any atom is 0.222 e. The Bertz CT molecular complexity index is 1070. The summed E-state index contributed by atoms with van der Waals surface area (Å²) < 4.78 is 0. The van der Waals surface area contributed by atoms with Gasteiger partial charge in [0.15, 0.2) is 0 Å². The molecule has 4 rings (SSSR count). The fourth-order valence-electron chi connectivity index (χ4n) is 3.08. The summed E-state index contributed by atoms with van der Waals surface area (Å²) >= 11 is 0. The number of nitrogens with zero attached hydrogens (tertiary/aromatic N) is 3. The number of benzene rings is 2. The van der Waals surface area contributed by atoms with Crippen LogP contribution in [0.3, 0.4) is 0 Å². The molecule has 0 amide bonds. The first-order valence-corrected chi connectivity index (χ1v) is 7.76. The minimum atomic E-state index is 0.552. The fourth-order valence-corrected chi connectivity index (χ4v) is 3.08. The van der Waals surface area contributed by atoms with Crippen LogP contribution in [0.15, 0.2) is 48.8 Å². The van der Waals surface area contributed by atoms with E-state index in [1.807, 2.05) is 31.4 Å². The average Bonchev–Trinajstić information content (AvgIpc) is 2.61. The number of nitrogens with two attached hydrogens (primary N) is 1. The summed E-state index contributed by atoms with van der Waals surface area (Å²) in [6.07, 6.45) is 3.60. The Morgan fingerprint density at radius 3 is 2.71 bits per heavy atom. The van der Waals surface area contributed by atoms with E-state index in [-0.39, 0.29) is 0 Å². The average molecular weight is 315 g/mol. The van der Waals surface area contributed by atoms with Gasteiger partial charge in [-0.3, -0.25) is 0 Å². The monoisotopic (exact) mass is 315 g/mol. The molecule has 2 aromatic heterocycles. The lowest BCUT2D eigenvalue weighted by Crippen LogP contribution is -1.96. The van der Waals surface area contributed by atoms with Crippen LogP contribution in [0.25, 0.3) is 32.8 Å². The van der Waals surface area contributed by atoms with Gasteiger partial charge in [0.2, 0.25) is 5.95 Å². The van der Waals surface area contributed by atoms with Crippen molar-refractivity contribution >= 4 is 33.4 Å². The standard InChI is InChI=1S/C19H17N5/c1-11-3-5-15-14(7-8-22-18(15)20)17(11)12-4-6-16-13(9-12)10-23-19(21-2)24-16/h3-10H,1-2H3,(H2,20,22)(H,21,23,24). The van der Waals surface area contributed by atoms with Crippen molar-refractivity contribution < 1.29 is 0 Å². The van der Waals surface area contributed by atoms with Gasteiger partial charge in [-0.25, -0.2) is 15.0 Å². The van der Waals surface area contributed by atoms with Crippen LogP contribution in [0.2, 0.25) is 0 Å². The zero-order valence-electron chi connectivity index (χ0n) is 13.5. The molecule has 0 bridgehead atoms. The summed E-state index contributed by atoms with van der Waals surface area (Å²) in [6, 6.07) is 12.4. The number of nitrogen functional groups attached to an aromatic ring is 1. The quantitative estimate of drug-likeness (QED) is 0.589. The number of rotatable bonds is 2. The van der Waals surface area contributed by atoms with Crippen molar-refractivity contribution in [1.82, 2.24) is 15.0 Å². The lowest BCUT2D eigenvalue weighted by molar-refractivity contribution is 1.19. The molecule has 118 valence electrons. The van der Waals surface area contributed by atoms with Crippen molar-refractivity contribution in [3.05, 3.63) is 54.4 Å². The highest BCUT2D eigenvalue weighted by Crippen LogP contribution is 2.34. The van der Waals surface area contributed by atoms with Crippen molar-refractivity contribution in [2.24, 2.45) is 0 Å². The third kappa shape index (κ3) is 2.22. The molecule has 0 radical (unpaired) electrons. The molecule has 5 nitrogen and oxygen atoms in total. The first-order chi connectivity index (χ1) is 11.7. The predicted octanol–water partition coefficient (Wildman–Crippen LogP) is 3.78. The SMILES string of the molecule is CNc1ncc2cc(-c3c(C)ccc4c(N)nccc34)ccc2n1. The number of anilines is 2. The second kappa shape index (κ2) is 5.45. The molecule has 2 aromatic carbocycles. The van der Waals surface area contributed by atoms with Crippen LogP contribution in [0, 0.1) is 6.92 Å². The smallest absolute Gasteiger partial charge is 0.222 e. The van der Waals surface area contributed by atoms with Gasteiger partial charge in [0.25, 0.3) is 0 Å². The van der Waals surface area contributed by atoms with E-state index in [0.717, 1.165) is 27.2 Å². The molecule has 0 unspecified atom stereocenters. The van der Waals surface area contributed by atoms with E-state index in [1.54, 1.807) is 6.20 Å². The largest absolute Gasteiger partial charge is 0.383 e. The zero-order chi connectivity index (χ0) is 16.7. The number of nitrogens with one attached hydrogen (secondary N) is 1. The van der Waals surface area contributed by atoms with Gasteiger partial charge in [-0.15, -0.1) is 0 Å². The first kappa shape index (κ1) is 14.4. The molecule has 24 heavy (non-hydrogen) atoms. The van der Waals surface area contributed by atoms with Crippen LogP contribution in [0.4, 0.5) is 11.8 Å². The van der Waals surface area contributed by atoms with Gasteiger partial charge < -0.3 is 11.1 Å². The number of hydrogen-bond acceptors (Lipinski definition) is 5. The number of fused-ring (bicyclic) bond motifs is 2. The molecule has 0 saturated heterocycles. The summed E-state index contributed by atoms with van der Waals surface area (Å²) in [7, 11) is 1.81. The van der Waals surface area contributed by atoms with Crippen LogP contribution in [-0.4, -0.2) is 22.0 Å². The maximum atomic E-state index is 6.04. The molecule has 3 N–H and O–H groups in total. The van der Waals surface area contributed by atoms with Crippen LogP contribution >= 0.6 is 0 Å². The second-order valence-electron chi connectivity index (χ2n) is 5.77. The van der Waals surface area contributed by atoms with Crippen molar-refractivity contribution in [3.63, 3.8) is 0 Å².